The first-order valence-corrected chi connectivity index (χ1v) is 9.23. The highest BCUT2D eigenvalue weighted by atomic mass is 35.5. The zero-order chi connectivity index (χ0) is 18.6. The molecule has 0 spiro atoms. The first-order valence-electron chi connectivity index (χ1n) is 9.23. The second-order valence-corrected chi connectivity index (χ2v) is 7.84. The molecule has 6 nitrogen and oxygen atoms in total. The van der Waals surface area contributed by atoms with Crippen LogP contribution in [-0.2, 0) is 17.9 Å². The highest BCUT2D eigenvalue weighted by molar-refractivity contribution is 5.85. The molecule has 0 saturated carbocycles. The summed E-state index contributed by atoms with van der Waals surface area (Å²) in [5.41, 5.74) is 8.52. The first-order chi connectivity index (χ1) is 12.4. The van der Waals surface area contributed by atoms with Crippen LogP contribution in [0.15, 0.2) is 42.7 Å². The van der Waals surface area contributed by atoms with E-state index in [9.17, 15) is 4.79 Å². The van der Waals surface area contributed by atoms with E-state index in [1.165, 1.54) is 5.56 Å². The number of hydrogen-bond acceptors (Lipinski definition) is 4. The quantitative estimate of drug-likeness (QED) is 0.741. The van der Waals surface area contributed by atoms with Crippen molar-refractivity contribution in [3.8, 4) is 0 Å². The summed E-state index contributed by atoms with van der Waals surface area (Å²) in [5.74, 6) is 0.0603. The number of nitrogens with two attached hydrogens (primary N) is 1. The van der Waals surface area contributed by atoms with Gasteiger partial charge in [-0.05, 0) is 29.0 Å². The van der Waals surface area contributed by atoms with Gasteiger partial charge in [0.2, 0.25) is 5.91 Å². The number of nitrogens with one attached hydrogen (secondary N) is 1. The molecule has 2 aromatic rings. The van der Waals surface area contributed by atoms with Crippen molar-refractivity contribution in [2.24, 2.45) is 11.1 Å². The molecule has 1 aliphatic heterocycles. The normalized spacial score (nSPS) is 18.6. The number of amides is 1. The van der Waals surface area contributed by atoms with Crippen molar-refractivity contribution in [2.75, 3.05) is 19.6 Å². The number of aromatic nitrogens is 2. The Hall–Kier alpha value is -1.60. The molecule has 1 amide bonds. The molecule has 1 aromatic heterocycles. The molecule has 8 heteroatoms. The van der Waals surface area contributed by atoms with E-state index >= 15 is 0 Å². The van der Waals surface area contributed by atoms with Crippen LogP contribution in [0.1, 0.15) is 31.4 Å². The van der Waals surface area contributed by atoms with Gasteiger partial charge >= 0.3 is 0 Å². The number of piperidine rings is 1. The maximum Gasteiger partial charge on any atom is 0.234 e. The van der Waals surface area contributed by atoms with Gasteiger partial charge in [0.15, 0.2) is 0 Å². The molecule has 0 bridgehead atoms. The Morgan fingerprint density at radius 1 is 1.25 bits per heavy atom. The van der Waals surface area contributed by atoms with Crippen LogP contribution in [-0.4, -0.2) is 46.3 Å². The SMILES string of the molecule is CC1(C)CN(CC(=O)NCc2ccccc2Cn2cccn2)CCC1N.Cl.Cl. The van der Waals surface area contributed by atoms with Gasteiger partial charge in [-0.1, -0.05) is 38.1 Å². The zero-order valence-corrected chi connectivity index (χ0v) is 18.1. The number of rotatable bonds is 6. The van der Waals surface area contributed by atoms with Gasteiger partial charge in [0, 0.05) is 38.1 Å². The van der Waals surface area contributed by atoms with Crippen LogP contribution in [0.25, 0.3) is 0 Å². The molecular formula is C20H31Cl2N5O. The van der Waals surface area contributed by atoms with E-state index in [-0.39, 0.29) is 42.2 Å². The molecular weight excluding hydrogens is 397 g/mol. The van der Waals surface area contributed by atoms with Gasteiger partial charge in [-0.3, -0.25) is 14.4 Å². The monoisotopic (exact) mass is 427 g/mol. The van der Waals surface area contributed by atoms with E-state index in [0.29, 0.717) is 19.6 Å². The fraction of sp³-hybridized carbons (Fsp3) is 0.500. The molecule has 0 aliphatic carbocycles. The van der Waals surface area contributed by atoms with Gasteiger partial charge in [-0.15, -0.1) is 24.8 Å². The lowest BCUT2D eigenvalue weighted by Crippen LogP contribution is -2.54. The molecule has 156 valence electrons. The summed E-state index contributed by atoms with van der Waals surface area (Å²) in [6.45, 7) is 7.76. The van der Waals surface area contributed by atoms with E-state index in [0.717, 1.165) is 25.1 Å². The van der Waals surface area contributed by atoms with Crippen LogP contribution in [0, 0.1) is 5.41 Å². The van der Waals surface area contributed by atoms with Crippen molar-refractivity contribution in [3.05, 3.63) is 53.9 Å². The van der Waals surface area contributed by atoms with Crippen molar-refractivity contribution in [3.63, 3.8) is 0 Å². The van der Waals surface area contributed by atoms with Crippen molar-refractivity contribution in [1.29, 1.82) is 0 Å². The van der Waals surface area contributed by atoms with Gasteiger partial charge in [0.1, 0.15) is 0 Å². The predicted octanol–water partition coefficient (Wildman–Crippen LogP) is 2.45. The first kappa shape index (κ1) is 24.4. The van der Waals surface area contributed by atoms with Gasteiger partial charge < -0.3 is 11.1 Å². The Morgan fingerprint density at radius 3 is 2.61 bits per heavy atom. The van der Waals surface area contributed by atoms with Crippen LogP contribution in [0.4, 0.5) is 0 Å². The third kappa shape index (κ3) is 6.48. The summed E-state index contributed by atoms with van der Waals surface area (Å²) in [7, 11) is 0. The van der Waals surface area contributed by atoms with Crippen LogP contribution in [0.2, 0.25) is 0 Å². The minimum absolute atomic E-state index is 0. The number of nitrogens with zero attached hydrogens (tertiary/aromatic N) is 3. The molecule has 1 aromatic carbocycles. The molecule has 1 atom stereocenters. The molecule has 3 N–H and O–H groups in total. The molecule has 1 fully saturated rings. The average molecular weight is 428 g/mol. The number of halogens is 2. The predicted molar refractivity (Wildman–Crippen MR) is 117 cm³/mol. The van der Waals surface area contributed by atoms with E-state index in [4.69, 9.17) is 5.73 Å². The topological polar surface area (TPSA) is 76.2 Å². The minimum Gasteiger partial charge on any atom is -0.351 e. The number of likely N-dealkylation sites (tertiary alicyclic amines) is 1. The molecule has 28 heavy (non-hydrogen) atoms. The van der Waals surface area contributed by atoms with E-state index < -0.39 is 0 Å². The molecule has 1 unspecified atom stereocenters. The molecule has 0 radical (unpaired) electrons. The lowest BCUT2D eigenvalue weighted by atomic mass is 9.80. The lowest BCUT2D eigenvalue weighted by molar-refractivity contribution is -0.123. The fourth-order valence-electron chi connectivity index (χ4n) is 3.53. The standard InChI is InChI=1S/C20H29N5O.2ClH/c1-20(2)15-24(11-8-18(20)21)14-19(26)22-12-16-6-3-4-7-17(16)13-25-10-5-9-23-25;;/h3-7,9-10,18H,8,11-15,21H2,1-2H3,(H,22,26);2*1H. The Labute approximate surface area is 179 Å². The van der Waals surface area contributed by atoms with Gasteiger partial charge in [-0.2, -0.15) is 5.10 Å². The maximum absolute atomic E-state index is 12.4. The zero-order valence-electron chi connectivity index (χ0n) is 16.5. The van der Waals surface area contributed by atoms with Crippen molar-refractivity contribution < 1.29 is 4.79 Å². The molecule has 1 saturated heterocycles. The highest BCUT2D eigenvalue weighted by Gasteiger charge is 2.33. The lowest BCUT2D eigenvalue weighted by Gasteiger charge is -2.42. The third-order valence-corrected chi connectivity index (χ3v) is 5.24. The summed E-state index contributed by atoms with van der Waals surface area (Å²) in [5, 5.41) is 7.32. The summed E-state index contributed by atoms with van der Waals surface area (Å²) >= 11 is 0. The van der Waals surface area contributed by atoms with Gasteiger partial charge in [0.25, 0.3) is 0 Å². The van der Waals surface area contributed by atoms with Crippen LogP contribution in [0.3, 0.4) is 0 Å². The van der Waals surface area contributed by atoms with Crippen LogP contribution in [0.5, 0.6) is 0 Å². The number of benzene rings is 1. The number of carbonyl (C=O) groups excluding carboxylic acids is 1. The van der Waals surface area contributed by atoms with Gasteiger partial charge in [-0.25, -0.2) is 0 Å². The second kappa shape index (κ2) is 10.8. The smallest absolute Gasteiger partial charge is 0.234 e. The van der Waals surface area contributed by atoms with Crippen molar-refractivity contribution in [2.45, 2.75) is 39.4 Å². The summed E-state index contributed by atoms with van der Waals surface area (Å²) in [6.07, 6.45) is 4.65. The average Bonchev–Trinajstić information content (AvgIpc) is 3.10. The van der Waals surface area contributed by atoms with Crippen molar-refractivity contribution in [1.82, 2.24) is 20.0 Å². The molecule has 1 aliphatic rings. The maximum atomic E-state index is 12.4. The highest BCUT2D eigenvalue weighted by Crippen LogP contribution is 2.27. The largest absolute Gasteiger partial charge is 0.351 e. The number of hydrogen-bond donors (Lipinski definition) is 2. The molecule has 2 heterocycles. The van der Waals surface area contributed by atoms with E-state index in [1.807, 2.05) is 29.1 Å². The van der Waals surface area contributed by atoms with E-state index in [1.54, 1.807) is 6.20 Å². The summed E-state index contributed by atoms with van der Waals surface area (Å²) in [4.78, 5) is 14.6. The second-order valence-electron chi connectivity index (χ2n) is 7.84. The Bertz CT molecular complexity index is 736. The summed E-state index contributed by atoms with van der Waals surface area (Å²) < 4.78 is 1.89. The number of carbonyl (C=O) groups is 1. The minimum atomic E-state index is 0. The van der Waals surface area contributed by atoms with Crippen molar-refractivity contribution >= 4 is 30.7 Å². The van der Waals surface area contributed by atoms with E-state index in [2.05, 4.69) is 41.3 Å². The summed E-state index contributed by atoms with van der Waals surface area (Å²) in [6, 6.07) is 10.3. The Kier molecular flexibility index (Phi) is 9.44. The Balaban J connectivity index is 0.00000196. The van der Waals surface area contributed by atoms with Crippen LogP contribution < -0.4 is 11.1 Å². The Morgan fingerprint density at radius 2 is 1.96 bits per heavy atom. The van der Waals surface area contributed by atoms with Gasteiger partial charge in [0.05, 0.1) is 13.1 Å². The van der Waals surface area contributed by atoms with Crippen LogP contribution >= 0.6 is 24.8 Å². The fourth-order valence-corrected chi connectivity index (χ4v) is 3.53. The molecule has 3 rings (SSSR count). The third-order valence-electron chi connectivity index (χ3n) is 5.24.